The predicted octanol–water partition coefficient (Wildman–Crippen LogP) is 11.6. The number of nitrogen functional groups attached to an aromatic ring is 3. The van der Waals surface area contributed by atoms with Gasteiger partial charge in [0.2, 0.25) is 10.6 Å². The van der Waals surface area contributed by atoms with E-state index in [0.717, 1.165) is 32.8 Å². The number of aromatic amines is 2. The number of aliphatic hydroxyl groups is 2. The van der Waals surface area contributed by atoms with E-state index in [1.54, 1.807) is 78.6 Å². The number of thiophene rings is 5. The molecular weight excluding hydrogens is 1350 g/mol. The van der Waals surface area contributed by atoms with Gasteiger partial charge < -0.3 is 57.5 Å². The SMILES string of the molecule is CCOC(=O)c1ccsc1N.CCOC(=O)c1ccsc1NC(N)=O.Clc1nc(Cl)c2ccsc2n1.Clc1nc(NCc2ccccc2)c2ccsc2n1.Nc1ccccc1N.O=c1[nH]c(=O)c2ccsc2[nH]1.OC1CSC(O)CS1.[C-]#[N+]CC(=O)OCC. The third-order valence-electron chi connectivity index (χ3n) is 10.2. The fraction of sp³-hybridized carbons (Fsp3) is 0.218. The van der Waals surface area contributed by atoms with Crippen molar-refractivity contribution in [1.29, 1.82) is 0 Å². The van der Waals surface area contributed by atoms with Crippen LogP contribution in [0.1, 0.15) is 47.1 Å². The van der Waals surface area contributed by atoms with Crippen LogP contribution in [0, 0.1) is 6.57 Å². The highest BCUT2D eigenvalue weighted by Gasteiger charge is 2.18. The highest BCUT2D eigenvalue weighted by molar-refractivity contribution is 8.06. The largest absolute Gasteiger partial charge is 0.462 e. The number of hydrogen-bond acceptors (Lipinski definition) is 26. The Hall–Kier alpha value is -7.58. The summed E-state index contributed by atoms with van der Waals surface area (Å²) in [5.41, 5.74) is 23.2. The second-order valence-electron chi connectivity index (χ2n) is 16.4. The van der Waals surface area contributed by atoms with Crippen molar-refractivity contribution in [2.24, 2.45) is 5.73 Å². The smallest absolute Gasteiger partial charge is 0.387 e. The van der Waals surface area contributed by atoms with Gasteiger partial charge in [-0.15, -0.1) is 80.2 Å². The lowest BCUT2D eigenvalue weighted by Crippen LogP contribution is -2.20. The Labute approximate surface area is 552 Å². The normalized spacial score (nSPS) is 12.5. The molecule has 0 bridgehead atoms. The third kappa shape index (κ3) is 26.6. The lowest BCUT2D eigenvalue weighted by Gasteiger charge is -2.19. The molecule has 9 heterocycles. The monoisotopic (exact) mass is 1410 g/mol. The van der Waals surface area contributed by atoms with Crippen molar-refractivity contribution >= 4 is 197 Å². The molecule has 34 heteroatoms. The number of benzene rings is 2. The first-order valence-corrected chi connectivity index (χ1v) is 33.2. The zero-order chi connectivity index (χ0) is 65.3. The van der Waals surface area contributed by atoms with Gasteiger partial charge in [-0.05, 0) is 119 Å². The number of urea groups is 1. The van der Waals surface area contributed by atoms with Gasteiger partial charge >= 0.3 is 36.2 Å². The van der Waals surface area contributed by atoms with Crippen molar-refractivity contribution in [3.8, 4) is 0 Å². The Morgan fingerprint density at radius 3 is 1.72 bits per heavy atom. The number of H-pyrrole nitrogens is 2. The molecule has 14 N–H and O–H groups in total. The quantitative estimate of drug-likeness (QED) is 0.0152. The molecule has 0 spiro atoms. The number of thioether (sulfide) groups is 2. The first kappa shape index (κ1) is 73.9. The summed E-state index contributed by atoms with van der Waals surface area (Å²) in [6, 6.07) is 25.5. The number of amides is 2. The van der Waals surface area contributed by atoms with Crippen molar-refractivity contribution in [2.75, 3.05) is 65.7 Å². The number of halogens is 3. The number of carbonyl (C=O) groups excluding carboxylic acids is 4. The van der Waals surface area contributed by atoms with Crippen LogP contribution in [-0.4, -0.2) is 113 Å². The van der Waals surface area contributed by atoms with Crippen LogP contribution < -0.4 is 44.8 Å². The van der Waals surface area contributed by atoms with Crippen LogP contribution in [0.15, 0.2) is 121 Å². The van der Waals surface area contributed by atoms with Gasteiger partial charge in [0.15, 0.2) is 0 Å². The van der Waals surface area contributed by atoms with Crippen molar-refractivity contribution in [1.82, 2.24) is 29.9 Å². The molecular formula is C55H58Cl3N13O11S7. The molecule has 1 saturated heterocycles. The van der Waals surface area contributed by atoms with Crippen molar-refractivity contribution < 1.29 is 43.6 Å². The minimum Gasteiger partial charge on any atom is -0.462 e. The Bertz CT molecular complexity index is 3950. The van der Waals surface area contributed by atoms with E-state index in [2.05, 4.69) is 62.3 Å². The molecule has 89 heavy (non-hydrogen) atoms. The molecule has 0 aliphatic carbocycles. The van der Waals surface area contributed by atoms with Crippen molar-refractivity contribution in [3.63, 3.8) is 0 Å². The van der Waals surface area contributed by atoms with Crippen molar-refractivity contribution in [3.05, 3.63) is 176 Å². The average Bonchev–Trinajstić information content (AvgIpc) is 3.70. The number of carbonyl (C=O) groups is 4. The Morgan fingerprint density at radius 2 is 1.17 bits per heavy atom. The van der Waals surface area contributed by atoms with Crippen molar-refractivity contribution in [2.45, 2.75) is 38.2 Å². The van der Waals surface area contributed by atoms with E-state index in [1.807, 2.05) is 53.2 Å². The summed E-state index contributed by atoms with van der Waals surface area (Å²) in [5, 5.41) is 36.7. The van der Waals surface area contributed by atoms with Crippen LogP contribution in [0.25, 0.3) is 35.5 Å². The molecule has 2 unspecified atom stereocenters. The highest BCUT2D eigenvalue weighted by atomic mass is 35.5. The molecule has 1 aliphatic heterocycles. The summed E-state index contributed by atoms with van der Waals surface area (Å²) in [6.07, 6.45) is 0. The molecule has 8 aromatic heterocycles. The maximum Gasteiger partial charge on any atom is 0.387 e. The number of anilines is 5. The van der Waals surface area contributed by atoms with Gasteiger partial charge in [0, 0.05) is 23.4 Å². The number of aromatic nitrogens is 6. The number of ether oxygens (including phenoxy) is 3. The van der Waals surface area contributed by atoms with Gasteiger partial charge in [-0.25, -0.2) is 50.5 Å². The summed E-state index contributed by atoms with van der Waals surface area (Å²) in [7, 11) is 0. The topological polar surface area (TPSA) is 386 Å². The maximum atomic E-state index is 11.3. The molecule has 0 radical (unpaired) electrons. The summed E-state index contributed by atoms with van der Waals surface area (Å²) in [6.45, 7) is 13.0. The number of para-hydroxylation sites is 2. The first-order valence-electron chi connectivity index (χ1n) is 25.6. The van der Waals surface area contributed by atoms with E-state index in [1.165, 1.54) is 74.4 Å². The van der Waals surface area contributed by atoms with Crippen LogP contribution in [0.2, 0.25) is 15.7 Å². The second kappa shape index (κ2) is 40.1. The number of nitrogens with zero attached hydrogens (tertiary/aromatic N) is 5. The zero-order valence-corrected chi connectivity index (χ0v) is 55.2. The third-order valence-corrected chi connectivity index (χ3v) is 17.4. The predicted molar refractivity (Wildman–Crippen MR) is 365 cm³/mol. The number of aliphatic hydroxyl groups excluding tert-OH is 2. The molecule has 2 atom stereocenters. The van der Waals surface area contributed by atoms with Crippen LogP contribution in [-0.2, 0) is 25.5 Å². The molecule has 24 nitrogen and oxygen atoms in total. The standard InChI is InChI=1S/C13H10ClN3S.C8H10N2O3S.C7H9NO2S.C6H2Cl2N2S.C6H4N2O2S.C6H8N2.C5H7NO2.C4H8O2S2/c14-13-16-11(10-6-7-18-12(10)17-13)15-8-9-4-2-1-3-5-9;1-2-13-7(11)5-3-4-14-6(5)10-8(9)12;1-2-10-7(9)5-3-4-11-6(5)8;7-4-3-1-2-11-5(3)10-6(8)9-4;9-4-3-1-2-11-5(3)8-6(10)7-4;7-5-3-1-2-4-6(5)8;1-3-8-5(7)4-6-2;5-3-1-7-4(6)2-8-3/h1-7H,8H2,(H,15,16,17);3-4H,2H2,1H3,(H3,9,10,12);3-4H,2,8H2,1H3;1-2H;1-2H,(H2,7,8,9,10);1-4H,7-8H2;3-4H2,1H3;3-6H,1-2H2. The number of esters is 3. The molecule has 1 fully saturated rings. The molecule has 0 saturated carbocycles. The summed E-state index contributed by atoms with van der Waals surface area (Å²) < 4.78 is 14.0. The van der Waals surface area contributed by atoms with E-state index in [4.69, 9.17) is 84.0 Å². The van der Waals surface area contributed by atoms with Crippen LogP contribution in [0.3, 0.4) is 0 Å². The first-order chi connectivity index (χ1) is 42.7. The van der Waals surface area contributed by atoms with Crippen LogP contribution >= 0.6 is 115 Å². The fourth-order valence-corrected chi connectivity index (χ4v) is 12.8. The summed E-state index contributed by atoms with van der Waals surface area (Å²) >= 11 is 27.0. The molecule has 2 amide bonds. The van der Waals surface area contributed by atoms with E-state index in [9.17, 15) is 28.8 Å². The number of primary amides is 1. The molecule has 2 aromatic carbocycles. The lowest BCUT2D eigenvalue weighted by atomic mass is 10.2. The zero-order valence-electron chi connectivity index (χ0n) is 47.2. The molecule has 472 valence electrons. The summed E-state index contributed by atoms with van der Waals surface area (Å²) in [4.78, 5) is 90.8. The number of nitrogens with one attached hydrogen (secondary N) is 4. The Morgan fingerprint density at radius 1 is 0.652 bits per heavy atom. The van der Waals surface area contributed by atoms with Gasteiger partial charge in [0.1, 0.15) is 46.3 Å². The van der Waals surface area contributed by atoms with Gasteiger partial charge in [-0.1, -0.05) is 54.1 Å². The van der Waals surface area contributed by atoms with Crippen LogP contribution in [0.4, 0.5) is 32.0 Å². The number of rotatable bonds is 10. The average molecular weight is 1410 g/mol. The number of nitrogens with two attached hydrogens (primary N) is 4. The Balaban J connectivity index is 0.000000221. The minimum absolute atomic E-state index is 0.159. The Kier molecular flexibility index (Phi) is 33.3. The van der Waals surface area contributed by atoms with Gasteiger partial charge in [0.05, 0.1) is 53.1 Å². The maximum absolute atomic E-state index is 11.3. The van der Waals surface area contributed by atoms with E-state index < -0.39 is 23.7 Å². The van der Waals surface area contributed by atoms with E-state index in [-0.39, 0.29) is 39.5 Å². The van der Waals surface area contributed by atoms with E-state index >= 15 is 0 Å². The van der Waals surface area contributed by atoms with Crippen LogP contribution in [0.5, 0.6) is 0 Å². The summed E-state index contributed by atoms with van der Waals surface area (Å²) in [5.74, 6) is 0.860. The van der Waals surface area contributed by atoms with E-state index in [0.29, 0.717) is 79.2 Å². The molecule has 10 aromatic rings. The lowest BCUT2D eigenvalue weighted by molar-refractivity contribution is -0.140. The van der Waals surface area contributed by atoms with Gasteiger partial charge in [-0.2, -0.15) is 0 Å². The molecule has 11 rings (SSSR count). The van der Waals surface area contributed by atoms with Gasteiger partial charge in [-0.3, -0.25) is 20.1 Å². The number of fused-ring (bicyclic) bond motifs is 3. The molecule has 1 aliphatic rings. The number of hydrogen-bond donors (Lipinski definition) is 10. The van der Waals surface area contributed by atoms with Gasteiger partial charge in [0.25, 0.3) is 5.56 Å². The highest BCUT2D eigenvalue weighted by Crippen LogP contribution is 2.29. The second-order valence-corrected chi connectivity index (χ2v) is 24.5. The minimum atomic E-state index is -0.696. The fourth-order valence-electron chi connectivity index (χ4n) is 6.28.